The Kier molecular flexibility index (Phi) is 5.77. The summed E-state index contributed by atoms with van der Waals surface area (Å²) >= 11 is 1.68. The molecule has 2 fully saturated rings. The predicted molar refractivity (Wildman–Crippen MR) is 90.4 cm³/mol. The van der Waals surface area contributed by atoms with Crippen molar-refractivity contribution in [2.45, 2.75) is 45.6 Å². The molecule has 5 nitrogen and oxygen atoms in total. The molecule has 0 aromatic carbocycles. The number of carbonyl (C=O) groups is 2. The van der Waals surface area contributed by atoms with Crippen LogP contribution in [0.1, 0.15) is 39.5 Å². The molecule has 1 aliphatic heterocycles. The van der Waals surface area contributed by atoms with Gasteiger partial charge in [-0.3, -0.25) is 9.59 Å². The second-order valence-electron chi connectivity index (χ2n) is 7.37. The van der Waals surface area contributed by atoms with Crippen molar-refractivity contribution >= 4 is 23.6 Å². The monoisotopic (exact) mass is 327 g/mol. The second kappa shape index (κ2) is 7.21. The van der Waals surface area contributed by atoms with Crippen molar-refractivity contribution in [2.75, 3.05) is 31.8 Å². The van der Waals surface area contributed by atoms with Crippen LogP contribution >= 0.6 is 11.8 Å². The maximum atomic E-state index is 12.7. The van der Waals surface area contributed by atoms with Crippen LogP contribution in [0.25, 0.3) is 0 Å². The van der Waals surface area contributed by atoms with Crippen LogP contribution < -0.4 is 5.73 Å². The number of hydrogen-bond acceptors (Lipinski definition) is 4. The van der Waals surface area contributed by atoms with E-state index in [0.29, 0.717) is 24.7 Å². The van der Waals surface area contributed by atoms with E-state index < -0.39 is 0 Å². The Bertz CT molecular complexity index is 422. The van der Waals surface area contributed by atoms with E-state index >= 15 is 0 Å². The van der Waals surface area contributed by atoms with Gasteiger partial charge >= 0.3 is 0 Å². The maximum Gasteiger partial charge on any atom is 0.246 e. The number of amides is 2. The van der Waals surface area contributed by atoms with Gasteiger partial charge < -0.3 is 15.5 Å². The van der Waals surface area contributed by atoms with Gasteiger partial charge in [0.05, 0.1) is 5.88 Å². The molecule has 1 aliphatic carbocycles. The van der Waals surface area contributed by atoms with Crippen molar-refractivity contribution in [2.24, 2.45) is 17.1 Å². The van der Waals surface area contributed by atoms with E-state index in [1.165, 1.54) is 0 Å². The predicted octanol–water partition coefficient (Wildman–Crippen LogP) is 1.52. The smallest absolute Gasteiger partial charge is 0.246 e. The number of carbonyl (C=O) groups excluding carboxylic acids is 2. The number of likely N-dealkylation sites (N-methyl/N-ethyl adjacent to an activating group) is 1. The van der Waals surface area contributed by atoms with Gasteiger partial charge in [0.1, 0.15) is 6.04 Å². The van der Waals surface area contributed by atoms with Gasteiger partial charge in [-0.05, 0) is 24.8 Å². The summed E-state index contributed by atoms with van der Waals surface area (Å²) in [7, 11) is 1.82. The molecular formula is C16H29N3O2S. The molecular weight excluding hydrogens is 298 g/mol. The summed E-state index contributed by atoms with van der Waals surface area (Å²) in [6.45, 7) is 5.27. The second-order valence-corrected chi connectivity index (χ2v) is 8.37. The molecule has 2 N–H and O–H groups in total. The van der Waals surface area contributed by atoms with Gasteiger partial charge in [-0.2, -0.15) is 0 Å². The van der Waals surface area contributed by atoms with E-state index in [9.17, 15) is 9.59 Å². The van der Waals surface area contributed by atoms with Gasteiger partial charge in [0.15, 0.2) is 0 Å². The Morgan fingerprint density at radius 2 is 1.95 bits per heavy atom. The van der Waals surface area contributed by atoms with Crippen LogP contribution in [0.15, 0.2) is 0 Å². The summed E-state index contributed by atoms with van der Waals surface area (Å²) in [4.78, 5) is 29.0. The Hall–Kier alpha value is -0.750. The highest BCUT2D eigenvalue weighted by molar-refractivity contribution is 7.99. The topological polar surface area (TPSA) is 66.6 Å². The zero-order valence-corrected chi connectivity index (χ0v) is 14.8. The minimum atomic E-state index is -0.295. The Balaban J connectivity index is 1.99. The van der Waals surface area contributed by atoms with Gasteiger partial charge in [0, 0.05) is 25.3 Å². The summed E-state index contributed by atoms with van der Waals surface area (Å²) in [5.74, 6) is 1.75. The molecule has 1 saturated carbocycles. The first-order chi connectivity index (χ1) is 10.4. The highest BCUT2D eigenvalue weighted by Crippen LogP contribution is 2.31. The van der Waals surface area contributed by atoms with Crippen molar-refractivity contribution in [3.63, 3.8) is 0 Å². The minimum Gasteiger partial charge on any atom is -0.343 e. The highest BCUT2D eigenvalue weighted by atomic mass is 32.2. The third-order valence-electron chi connectivity index (χ3n) is 4.75. The SMILES string of the molecule is CN(CC(C)(C)CN)C(=O)C1CSCN1C(=O)C1CCCC1. The largest absolute Gasteiger partial charge is 0.343 e. The Morgan fingerprint density at radius 3 is 2.55 bits per heavy atom. The van der Waals surface area contributed by atoms with Crippen molar-refractivity contribution in [1.29, 1.82) is 0 Å². The summed E-state index contributed by atoms with van der Waals surface area (Å²) in [6, 6.07) is -0.295. The maximum absolute atomic E-state index is 12.7. The molecule has 2 aliphatic rings. The van der Waals surface area contributed by atoms with E-state index in [-0.39, 0.29) is 29.2 Å². The van der Waals surface area contributed by atoms with Crippen molar-refractivity contribution in [3.8, 4) is 0 Å². The third-order valence-corrected chi connectivity index (χ3v) is 5.76. The molecule has 0 spiro atoms. The van der Waals surface area contributed by atoms with E-state index in [4.69, 9.17) is 5.73 Å². The van der Waals surface area contributed by atoms with Gasteiger partial charge in [-0.25, -0.2) is 0 Å². The van der Waals surface area contributed by atoms with Gasteiger partial charge in [0.25, 0.3) is 0 Å². The van der Waals surface area contributed by atoms with E-state index in [2.05, 4.69) is 13.8 Å². The summed E-state index contributed by atoms with van der Waals surface area (Å²) in [6.07, 6.45) is 4.25. The van der Waals surface area contributed by atoms with Crippen molar-refractivity contribution in [3.05, 3.63) is 0 Å². The lowest BCUT2D eigenvalue weighted by molar-refractivity contribution is -0.145. The molecule has 126 valence electrons. The van der Waals surface area contributed by atoms with Gasteiger partial charge in [-0.1, -0.05) is 26.7 Å². The molecule has 0 aromatic rings. The van der Waals surface area contributed by atoms with Gasteiger partial charge in [0.2, 0.25) is 11.8 Å². The molecule has 0 radical (unpaired) electrons. The molecule has 1 atom stereocenters. The van der Waals surface area contributed by atoms with Crippen LogP contribution in [-0.2, 0) is 9.59 Å². The normalized spacial score (nSPS) is 23.1. The lowest BCUT2D eigenvalue weighted by atomic mass is 9.93. The van der Waals surface area contributed by atoms with Crippen LogP contribution in [0, 0.1) is 11.3 Å². The van der Waals surface area contributed by atoms with E-state index in [1.54, 1.807) is 16.7 Å². The van der Waals surface area contributed by atoms with E-state index in [1.807, 2.05) is 11.9 Å². The van der Waals surface area contributed by atoms with Crippen LogP contribution in [0.5, 0.6) is 0 Å². The van der Waals surface area contributed by atoms with Crippen molar-refractivity contribution in [1.82, 2.24) is 9.80 Å². The molecule has 2 amide bonds. The first-order valence-electron chi connectivity index (χ1n) is 8.19. The first kappa shape index (κ1) is 17.6. The fraction of sp³-hybridized carbons (Fsp3) is 0.875. The summed E-state index contributed by atoms with van der Waals surface area (Å²) in [5.41, 5.74) is 5.66. The molecule has 2 rings (SSSR count). The molecule has 1 heterocycles. The molecule has 1 saturated heterocycles. The number of rotatable bonds is 5. The van der Waals surface area contributed by atoms with Crippen LogP contribution in [-0.4, -0.2) is 59.4 Å². The Morgan fingerprint density at radius 1 is 1.32 bits per heavy atom. The Labute approximate surface area is 138 Å². The number of nitrogens with two attached hydrogens (primary N) is 1. The van der Waals surface area contributed by atoms with Crippen LogP contribution in [0.4, 0.5) is 0 Å². The number of thioether (sulfide) groups is 1. The number of hydrogen-bond donors (Lipinski definition) is 1. The minimum absolute atomic E-state index is 0.0536. The molecule has 1 unspecified atom stereocenters. The lowest BCUT2D eigenvalue weighted by Gasteiger charge is -2.33. The third kappa shape index (κ3) is 3.96. The molecule has 22 heavy (non-hydrogen) atoms. The summed E-state index contributed by atoms with van der Waals surface area (Å²) < 4.78 is 0. The van der Waals surface area contributed by atoms with E-state index in [0.717, 1.165) is 25.7 Å². The quantitative estimate of drug-likeness (QED) is 0.831. The average molecular weight is 327 g/mol. The fourth-order valence-corrected chi connectivity index (χ4v) is 4.47. The zero-order chi connectivity index (χ0) is 16.3. The lowest BCUT2D eigenvalue weighted by Crippen LogP contribution is -2.51. The molecule has 0 aromatic heterocycles. The fourth-order valence-electron chi connectivity index (χ4n) is 3.31. The van der Waals surface area contributed by atoms with Crippen LogP contribution in [0.2, 0.25) is 0 Å². The molecule has 0 bridgehead atoms. The highest BCUT2D eigenvalue weighted by Gasteiger charge is 2.39. The zero-order valence-electron chi connectivity index (χ0n) is 14.0. The standard InChI is InChI=1S/C16H29N3O2S/c1-16(2,9-17)10-18(3)15(21)13-8-22-11-19(13)14(20)12-6-4-5-7-12/h12-13H,4-11,17H2,1-3H3. The first-order valence-corrected chi connectivity index (χ1v) is 9.34. The summed E-state index contributed by atoms with van der Waals surface area (Å²) in [5, 5.41) is 0. The van der Waals surface area contributed by atoms with Gasteiger partial charge in [-0.15, -0.1) is 11.8 Å². The number of nitrogens with zero attached hydrogens (tertiary/aromatic N) is 2. The van der Waals surface area contributed by atoms with Crippen LogP contribution in [0.3, 0.4) is 0 Å². The van der Waals surface area contributed by atoms with Crippen molar-refractivity contribution < 1.29 is 9.59 Å². The molecule has 6 heteroatoms. The average Bonchev–Trinajstić information content (AvgIpc) is 3.16.